The minimum atomic E-state index is -0.202. The molecule has 18 heavy (non-hydrogen) atoms. The zero-order chi connectivity index (χ0) is 13.0. The Morgan fingerprint density at radius 3 is 2.61 bits per heavy atom. The molecule has 0 aliphatic heterocycles. The van der Waals surface area contributed by atoms with Crippen LogP contribution in [0.5, 0.6) is 0 Å². The van der Waals surface area contributed by atoms with Crippen molar-refractivity contribution in [1.29, 1.82) is 0 Å². The standard InChI is InChI=1S/C15H21NO2/c1-11-8-13(9-11)16-10-14(15(17)18-2)12-6-4-3-5-7-12/h3-7,11,13-14,16H,8-10H2,1-2H3. The van der Waals surface area contributed by atoms with Crippen molar-refractivity contribution in [1.82, 2.24) is 5.32 Å². The molecule has 0 saturated heterocycles. The first-order valence-corrected chi connectivity index (χ1v) is 6.57. The van der Waals surface area contributed by atoms with Crippen molar-refractivity contribution in [2.45, 2.75) is 31.7 Å². The van der Waals surface area contributed by atoms with Crippen LogP contribution in [0.4, 0.5) is 0 Å². The molecule has 1 saturated carbocycles. The van der Waals surface area contributed by atoms with Crippen LogP contribution in [0.3, 0.4) is 0 Å². The Hall–Kier alpha value is -1.35. The van der Waals surface area contributed by atoms with Gasteiger partial charge in [0.15, 0.2) is 0 Å². The molecule has 1 aromatic rings. The quantitative estimate of drug-likeness (QED) is 0.812. The van der Waals surface area contributed by atoms with E-state index in [9.17, 15) is 4.79 Å². The van der Waals surface area contributed by atoms with E-state index in [1.165, 1.54) is 20.0 Å². The van der Waals surface area contributed by atoms with Gasteiger partial charge in [0, 0.05) is 12.6 Å². The minimum Gasteiger partial charge on any atom is -0.469 e. The monoisotopic (exact) mass is 247 g/mol. The topological polar surface area (TPSA) is 38.3 Å². The van der Waals surface area contributed by atoms with Gasteiger partial charge in [0.1, 0.15) is 0 Å². The number of methoxy groups -OCH3 is 1. The lowest BCUT2D eigenvalue weighted by Crippen LogP contribution is -2.43. The maximum absolute atomic E-state index is 11.8. The number of carbonyl (C=O) groups is 1. The molecule has 0 bridgehead atoms. The van der Waals surface area contributed by atoms with Gasteiger partial charge >= 0.3 is 5.97 Å². The van der Waals surface area contributed by atoms with Gasteiger partial charge in [0.2, 0.25) is 0 Å². The molecule has 3 nitrogen and oxygen atoms in total. The molecule has 1 aliphatic rings. The highest BCUT2D eigenvalue weighted by Crippen LogP contribution is 2.27. The largest absolute Gasteiger partial charge is 0.469 e. The maximum atomic E-state index is 11.8. The summed E-state index contributed by atoms with van der Waals surface area (Å²) in [5.41, 5.74) is 1.02. The lowest BCUT2D eigenvalue weighted by atomic mass is 9.81. The van der Waals surface area contributed by atoms with Crippen molar-refractivity contribution in [3.63, 3.8) is 0 Å². The summed E-state index contributed by atoms with van der Waals surface area (Å²) >= 11 is 0. The number of carbonyl (C=O) groups excluding carboxylic acids is 1. The molecule has 98 valence electrons. The Kier molecular flexibility index (Phi) is 4.37. The Bertz CT molecular complexity index is 385. The fourth-order valence-electron chi connectivity index (χ4n) is 2.52. The second-order valence-electron chi connectivity index (χ2n) is 5.17. The molecule has 1 aromatic carbocycles. The first kappa shape index (κ1) is 13.1. The molecule has 0 aromatic heterocycles. The molecule has 1 aliphatic carbocycles. The zero-order valence-electron chi connectivity index (χ0n) is 11.1. The van der Waals surface area contributed by atoms with Crippen LogP contribution in [0.25, 0.3) is 0 Å². The van der Waals surface area contributed by atoms with Gasteiger partial charge in [-0.15, -0.1) is 0 Å². The molecule has 1 fully saturated rings. The maximum Gasteiger partial charge on any atom is 0.314 e. The van der Waals surface area contributed by atoms with E-state index in [0.717, 1.165) is 11.5 Å². The third-order valence-corrected chi connectivity index (χ3v) is 3.67. The highest BCUT2D eigenvalue weighted by molar-refractivity contribution is 5.78. The van der Waals surface area contributed by atoms with Crippen molar-refractivity contribution in [3.8, 4) is 0 Å². The average Bonchev–Trinajstić information content (AvgIpc) is 2.37. The van der Waals surface area contributed by atoms with Gasteiger partial charge in [-0.2, -0.15) is 0 Å². The van der Waals surface area contributed by atoms with E-state index in [0.29, 0.717) is 12.6 Å². The molecule has 0 spiro atoms. The number of esters is 1. The first-order chi connectivity index (χ1) is 8.70. The van der Waals surface area contributed by atoms with Crippen molar-refractivity contribution in [3.05, 3.63) is 35.9 Å². The van der Waals surface area contributed by atoms with E-state index in [1.807, 2.05) is 30.3 Å². The van der Waals surface area contributed by atoms with Gasteiger partial charge in [-0.3, -0.25) is 4.79 Å². The minimum absolute atomic E-state index is 0.166. The van der Waals surface area contributed by atoms with Crippen molar-refractivity contribution < 1.29 is 9.53 Å². The lowest BCUT2D eigenvalue weighted by molar-refractivity contribution is -0.142. The van der Waals surface area contributed by atoms with Crippen LogP contribution in [0.2, 0.25) is 0 Å². The van der Waals surface area contributed by atoms with Crippen molar-refractivity contribution in [2.24, 2.45) is 5.92 Å². The second-order valence-corrected chi connectivity index (χ2v) is 5.17. The molecule has 1 unspecified atom stereocenters. The number of benzene rings is 1. The van der Waals surface area contributed by atoms with Gasteiger partial charge in [-0.05, 0) is 24.3 Å². The van der Waals surface area contributed by atoms with Crippen LogP contribution < -0.4 is 5.32 Å². The van der Waals surface area contributed by atoms with Crippen LogP contribution in [-0.2, 0) is 9.53 Å². The molecular formula is C15H21NO2. The van der Waals surface area contributed by atoms with Gasteiger partial charge in [0.05, 0.1) is 13.0 Å². The fraction of sp³-hybridized carbons (Fsp3) is 0.533. The number of hydrogen-bond donors (Lipinski definition) is 1. The van der Waals surface area contributed by atoms with Crippen LogP contribution in [0, 0.1) is 5.92 Å². The van der Waals surface area contributed by atoms with Crippen LogP contribution >= 0.6 is 0 Å². The Labute approximate surface area is 109 Å². The summed E-state index contributed by atoms with van der Waals surface area (Å²) in [7, 11) is 1.45. The SMILES string of the molecule is COC(=O)C(CNC1CC(C)C1)c1ccccc1. The van der Waals surface area contributed by atoms with Gasteiger partial charge < -0.3 is 10.1 Å². The van der Waals surface area contributed by atoms with Crippen molar-refractivity contribution >= 4 is 5.97 Å². The Morgan fingerprint density at radius 2 is 2.06 bits per heavy atom. The lowest BCUT2D eigenvalue weighted by Gasteiger charge is -2.34. The summed E-state index contributed by atoms with van der Waals surface area (Å²) in [6.07, 6.45) is 2.42. The molecule has 1 atom stereocenters. The summed E-state index contributed by atoms with van der Waals surface area (Å²) in [4.78, 5) is 11.8. The highest BCUT2D eigenvalue weighted by Gasteiger charge is 2.27. The summed E-state index contributed by atoms with van der Waals surface area (Å²) in [5, 5.41) is 3.46. The van der Waals surface area contributed by atoms with E-state index in [1.54, 1.807) is 0 Å². The fourth-order valence-corrected chi connectivity index (χ4v) is 2.52. The van der Waals surface area contributed by atoms with Gasteiger partial charge in [0.25, 0.3) is 0 Å². The summed E-state index contributed by atoms with van der Waals surface area (Å²) in [6.45, 7) is 2.92. The van der Waals surface area contributed by atoms with E-state index in [2.05, 4.69) is 12.2 Å². The van der Waals surface area contributed by atoms with Gasteiger partial charge in [-0.1, -0.05) is 37.3 Å². The van der Waals surface area contributed by atoms with E-state index in [-0.39, 0.29) is 11.9 Å². The number of nitrogens with one attached hydrogen (secondary N) is 1. The van der Waals surface area contributed by atoms with Crippen LogP contribution in [-0.4, -0.2) is 25.7 Å². The van der Waals surface area contributed by atoms with Crippen molar-refractivity contribution in [2.75, 3.05) is 13.7 Å². The van der Waals surface area contributed by atoms with Crippen LogP contribution in [0.15, 0.2) is 30.3 Å². The summed E-state index contributed by atoms with van der Waals surface area (Å²) < 4.78 is 4.89. The summed E-state index contributed by atoms with van der Waals surface area (Å²) in [5.74, 6) is 0.448. The molecule has 0 heterocycles. The zero-order valence-corrected chi connectivity index (χ0v) is 11.1. The molecule has 0 amide bonds. The number of rotatable bonds is 5. The molecular weight excluding hydrogens is 226 g/mol. The Morgan fingerprint density at radius 1 is 1.39 bits per heavy atom. The molecule has 1 N–H and O–H groups in total. The average molecular weight is 247 g/mol. The predicted molar refractivity (Wildman–Crippen MR) is 71.4 cm³/mol. The number of ether oxygens (including phenoxy) is 1. The third-order valence-electron chi connectivity index (χ3n) is 3.67. The first-order valence-electron chi connectivity index (χ1n) is 6.57. The third kappa shape index (κ3) is 3.10. The molecule has 2 rings (SSSR count). The number of hydrogen-bond acceptors (Lipinski definition) is 3. The molecule has 3 heteroatoms. The predicted octanol–water partition coefficient (Wildman–Crippen LogP) is 2.33. The van der Waals surface area contributed by atoms with E-state index >= 15 is 0 Å². The highest BCUT2D eigenvalue weighted by atomic mass is 16.5. The smallest absolute Gasteiger partial charge is 0.314 e. The molecule has 0 radical (unpaired) electrons. The summed E-state index contributed by atoms with van der Waals surface area (Å²) in [6, 6.07) is 10.4. The van der Waals surface area contributed by atoms with Gasteiger partial charge in [-0.25, -0.2) is 0 Å². The van der Waals surface area contributed by atoms with Crippen LogP contribution in [0.1, 0.15) is 31.2 Å². The van der Waals surface area contributed by atoms with E-state index < -0.39 is 0 Å². The van der Waals surface area contributed by atoms with E-state index in [4.69, 9.17) is 4.74 Å². The Balaban J connectivity index is 1.95. The normalized spacial score (nSPS) is 24.1. The second kappa shape index (κ2) is 6.01.